The van der Waals surface area contributed by atoms with Crippen molar-refractivity contribution in [3.05, 3.63) is 0 Å². The zero-order valence-electron chi connectivity index (χ0n) is 17.7. The van der Waals surface area contributed by atoms with E-state index in [9.17, 15) is 24.0 Å². The summed E-state index contributed by atoms with van der Waals surface area (Å²) in [7, 11) is 0. The average molecular weight is 478 g/mol. The van der Waals surface area contributed by atoms with Gasteiger partial charge in [-0.1, -0.05) is 0 Å². The van der Waals surface area contributed by atoms with Crippen molar-refractivity contribution in [2.24, 2.45) is 22.2 Å². The summed E-state index contributed by atoms with van der Waals surface area (Å²) in [6.07, 6.45) is 1.91. The molecule has 0 heterocycles. The van der Waals surface area contributed by atoms with Gasteiger partial charge in [0.15, 0.2) is 5.96 Å². The molecule has 182 valence electrons. The number of carbonyl (C=O) groups is 5. The maximum Gasteiger partial charge on any atom is 0.326 e. The van der Waals surface area contributed by atoms with Crippen molar-refractivity contribution in [2.75, 3.05) is 25.1 Å². The molecule has 0 aromatic rings. The third kappa shape index (κ3) is 13.3. The Morgan fingerprint density at radius 2 is 1.66 bits per heavy atom. The predicted octanol–water partition coefficient (Wildman–Crippen LogP) is -3.23. The molecule has 0 aromatic heterocycles. The van der Waals surface area contributed by atoms with Crippen molar-refractivity contribution < 1.29 is 34.2 Å². The number of carboxylic acids is 2. The molecule has 3 amide bonds. The number of nitrogens with one attached hydrogen (secondary N) is 3. The second-order valence-electron chi connectivity index (χ2n) is 6.67. The molecule has 0 spiro atoms. The highest BCUT2D eigenvalue weighted by Gasteiger charge is 2.26. The minimum Gasteiger partial charge on any atom is -0.481 e. The zero-order chi connectivity index (χ0) is 24.7. The predicted molar refractivity (Wildman–Crippen MR) is 118 cm³/mol. The molecule has 3 unspecified atom stereocenters. The number of carboxylic acid groups (broad SMARTS) is 2. The van der Waals surface area contributed by atoms with Gasteiger partial charge < -0.3 is 43.4 Å². The van der Waals surface area contributed by atoms with Crippen molar-refractivity contribution in [1.82, 2.24) is 16.0 Å². The lowest BCUT2D eigenvalue weighted by Crippen LogP contribution is -2.53. The van der Waals surface area contributed by atoms with E-state index in [0.29, 0.717) is 18.6 Å². The molecule has 0 aromatic carbocycles. The summed E-state index contributed by atoms with van der Waals surface area (Å²) in [6, 6.07) is -3.52. The summed E-state index contributed by atoms with van der Waals surface area (Å²) < 4.78 is 0. The number of aliphatic carboxylic acids is 2. The minimum absolute atomic E-state index is 0.125. The van der Waals surface area contributed by atoms with Gasteiger partial charge in [0.2, 0.25) is 17.7 Å². The molecule has 3 atom stereocenters. The van der Waals surface area contributed by atoms with Crippen LogP contribution in [-0.4, -0.2) is 89.1 Å². The molecule has 0 aliphatic carbocycles. The molecule has 0 bridgehead atoms. The van der Waals surface area contributed by atoms with E-state index in [2.05, 4.69) is 15.6 Å². The van der Waals surface area contributed by atoms with E-state index in [1.165, 1.54) is 11.8 Å². The third-order valence-electron chi connectivity index (χ3n) is 3.98. The van der Waals surface area contributed by atoms with Crippen LogP contribution in [0.25, 0.3) is 0 Å². The molecule has 15 heteroatoms. The standard InChI is InChI=1S/C17H31N7O7S/c1-32-6-4-9(18)14(28)24-10(3-2-5-21-17(19)20)15(29)22-8-12(25)23-11(16(30)31)7-13(26)27/h9-11H,2-8,18H2,1H3,(H,22,29)(H,23,25)(H,24,28)(H,26,27)(H,30,31)(H4,19,20,21). The van der Waals surface area contributed by atoms with E-state index in [1.54, 1.807) is 0 Å². The molecule has 0 saturated heterocycles. The molecular weight excluding hydrogens is 446 g/mol. The van der Waals surface area contributed by atoms with Gasteiger partial charge >= 0.3 is 11.9 Å². The quantitative estimate of drug-likeness (QED) is 0.0622. The van der Waals surface area contributed by atoms with Crippen molar-refractivity contribution >= 4 is 47.4 Å². The van der Waals surface area contributed by atoms with Crippen molar-refractivity contribution in [1.29, 1.82) is 0 Å². The lowest BCUT2D eigenvalue weighted by Gasteiger charge is -2.21. The van der Waals surface area contributed by atoms with Crippen LogP contribution in [0.15, 0.2) is 4.99 Å². The van der Waals surface area contributed by atoms with Crippen LogP contribution in [0.3, 0.4) is 0 Å². The van der Waals surface area contributed by atoms with Crippen LogP contribution < -0.4 is 33.2 Å². The summed E-state index contributed by atoms with van der Waals surface area (Å²) in [5.41, 5.74) is 16.3. The first-order valence-electron chi connectivity index (χ1n) is 9.59. The fourth-order valence-corrected chi connectivity index (χ4v) is 2.83. The molecule has 0 aliphatic heterocycles. The largest absolute Gasteiger partial charge is 0.481 e. The Morgan fingerprint density at radius 3 is 2.19 bits per heavy atom. The van der Waals surface area contributed by atoms with Gasteiger partial charge in [-0.3, -0.25) is 24.2 Å². The van der Waals surface area contributed by atoms with E-state index in [4.69, 9.17) is 27.4 Å². The number of aliphatic imine (C=N–C) groups is 1. The molecule has 32 heavy (non-hydrogen) atoms. The van der Waals surface area contributed by atoms with Crippen LogP contribution in [0, 0.1) is 0 Å². The molecule has 0 rings (SSSR count). The summed E-state index contributed by atoms with van der Waals surface area (Å²) in [4.78, 5) is 62.2. The topological polar surface area (TPSA) is 252 Å². The molecule has 0 fully saturated rings. The van der Waals surface area contributed by atoms with E-state index >= 15 is 0 Å². The molecule has 11 N–H and O–H groups in total. The van der Waals surface area contributed by atoms with Gasteiger partial charge in [-0.2, -0.15) is 11.8 Å². The maximum atomic E-state index is 12.5. The van der Waals surface area contributed by atoms with Gasteiger partial charge in [-0.15, -0.1) is 0 Å². The Bertz CT molecular complexity index is 701. The number of rotatable bonds is 16. The van der Waals surface area contributed by atoms with Gasteiger partial charge in [0.05, 0.1) is 19.0 Å². The highest BCUT2D eigenvalue weighted by Crippen LogP contribution is 2.03. The molecule has 0 radical (unpaired) electrons. The van der Waals surface area contributed by atoms with Crippen LogP contribution in [-0.2, 0) is 24.0 Å². The summed E-state index contributed by atoms with van der Waals surface area (Å²) >= 11 is 1.51. The van der Waals surface area contributed by atoms with Gasteiger partial charge in [0, 0.05) is 6.54 Å². The van der Waals surface area contributed by atoms with Crippen molar-refractivity contribution in [2.45, 2.75) is 43.8 Å². The van der Waals surface area contributed by atoms with Gasteiger partial charge in [0.1, 0.15) is 12.1 Å². The first kappa shape index (κ1) is 28.9. The minimum atomic E-state index is -1.65. The number of guanidine groups is 1. The SMILES string of the molecule is CSCCC(N)C(=O)NC(CCCN=C(N)N)C(=O)NCC(=O)NC(CC(=O)O)C(=O)O. The number of nitrogens with zero attached hydrogens (tertiary/aromatic N) is 1. The second-order valence-corrected chi connectivity index (χ2v) is 7.66. The Morgan fingerprint density at radius 1 is 1.00 bits per heavy atom. The number of amides is 3. The Hall–Kier alpha value is -3.07. The third-order valence-corrected chi connectivity index (χ3v) is 4.63. The average Bonchev–Trinajstić information content (AvgIpc) is 2.70. The fraction of sp³-hybridized carbons (Fsp3) is 0.647. The molecular formula is C17H31N7O7S. The van der Waals surface area contributed by atoms with Crippen LogP contribution in [0.5, 0.6) is 0 Å². The van der Waals surface area contributed by atoms with E-state index < -0.39 is 60.8 Å². The van der Waals surface area contributed by atoms with Crippen LogP contribution >= 0.6 is 11.8 Å². The normalized spacial score (nSPS) is 13.2. The Kier molecular flexibility index (Phi) is 14.2. The van der Waals surface area contributed by atoms with Crippen molar-refractivity contribution in [3.63, 3.8) is 0 Å². The zero-order valence-corrected chi connectivity index (χ0v) is 18.5. The van der Waals surface area contributed by atoms with Crippen molar-refractivity contribution in [3.8, 4) is 0 Å². The first-order chi connectivity index (χ1) is 15.0. The Balaban J connectivity index is 4.96. The number of carbonyl (C=O) groups excluding carboxylic acids is 3. The molecule has 14 nitrogen and oxygen atoms in total. The molecule has 0 saturated carbocycles. The van der Waals surface area contributed by atoms with E-state index in [0.717, 1.165) is 0 Å². The summed E-state index contributed by atoms with van der Waals surface area (Å²) in [5.74, 6) is -4.58. The van der Waals surface area contributed by atoms with Gasteiger partial charge in [-0.25, -0.2) is 4.79 Å². The lowest BCUT2D eigenvalue weighted by atomic mass is 10.1. The number of hydrogen-bond donors (Lipinski definition) is 8. The maximum absolute atomic E-state index is 12.5. The first-order valence-corrected chi connectivity index (χ1v) is 11.0. The second kappa shape index (κ2) is 15.7. The smallest absolute Gasteiger partial charge is 0.326 e. The van der Waals surface area contributed by atoms with Gasteiger partial charge in [-0.05, 0) is 31.3 Å². The number of nitrogens with two attached hydrogens (primary N) is 3. The lowest BCUT2D eigenvalue weighted by molar-refractivity contribution is -0.147. The monoisotopic (exact) mass is 477 g/mol. The highest BCUT2D eigenvalue weighted by molar-refractivity contribution is 7.98. The Labute approximate surface area is 189 Å². The molecule has 0 aliphatic rings. The number of thioether (sulfide) groups is 1. The van der Waals surface area contributed by atoms with E-state index in [-0.39, 0.29) is 18.9 Å². The fourth-order valence-electron chi connectivity index (χ4n) is 2.34. The summed E-state index contributed by atoms with van der Waals surface area (Å²) in [5, 5.41) is 24.5. The van der Waals surface area contributed by atoms with Crippen LogP contribution in [0.1, 0.15) is 25.7 Å². The van der Waals surface area contributed by atoms with E-state index in [1.807, 2.05) is 11.6 Å². The summed E-state index contributed by atoms with van der Waals surface area (Å²) in [6.45, 7) is -0.419. The van der Waals surface area contributed by atoms with Gasteiger partial charge in [0.25, 0.3) is 0 Å². The van der Waals surface area contributed by atoms with Crippen LogP contribution in [0.2, 0.25) is 0 Å². The highest BCUT2D eigenvalue weighted by atomic mass is 32.2. The number of hydrogen-bond acceptors (Lipinski definition) is 8. The van der Waals surface area contributed by atoms with Crippen LogP contribution in [0.4, 0.5) is 0 Å².